The smallest absolute Gasteiger partial charge is 0.309 e. The summed E-state index contributed by atoms with van der Waals surface area (Å²) in [6.07, 6.45) is 7.44. The first-order valence-electron chi connectivity index (χ1n) is 6.92. The maximum absolute atomic E-state index is 11.3. The summed E-state index contributed by atoms with van der Waals surface area (Å²) in [7, 11) is 3.10. The molecule has 21 heavy (non-hydrogen) atoms. The van der Waals surface area contributed by atoms with Crippen molar-refractivity contribution in [3.05, 3.63) is 65.0 Å². The Morgan fingerprint density at radius 1 is 1.19 bits per heavy atom. The maximum Gasteiger partial charge on any atom is 0.309 e. The summed E-state index contributed by atoms with van der Waals surface area (Å²) in [5.41, 5.74) is 4.35. The minimum absolute atomic E-state index is 0.222. The third-order valence-electron chi connectivity index (χ3n) is 3.52. The fourth-order valence-electron chi connectivity index (χ4n) is 2.29. The molecule has 0 fully saturated rings. The molecule has 0 aromatic heterocycles. The first-order valence-corrected chi connectivity index (χ1v) is 6.92. The highest BCUT2D eigenvalue weighted by Gasteiger charge is 2.07. The van der Waals surface area contributed by atoms with Crippen LogP contribution in [0.1, 0.15) is 24.5 Å². The van der Waals surface area contributed by atoms with Crippen LogP contribution in [0.3, 0.4) is 0 Å². The van der Waals surface area contributed by atoms with Crippen molar-refractivity contribution in [3.8, 4) is 0 Å². The van der Waals surface area contributed by atoms with Crippen LogP contribution in [-0.4, -0.2) is 20.2 Å². The SMILES string of the molecule is COC(=O)Cc1ccc(C2=CC(C)=C(OC)CC=C2)cc1. The number of methoxy groups -OCH3 is 2. The fraction of sp³-hybridized carbons (Fsp3) is 0.278. The van der Waals surface area contributed by atoms with Crippen LogP contribution in [-0.2, 0) is 20.7 Å². The zero-order valence-electron chi connectivity index (χ0n) is 12.7. The molecule has 0 amide bonds. The lowest BCUT2D eigenvalue weighted by Crippen LogP contribution is -2.04. The lowest BCUT2D eigenvalue weighted by atomic mass is 10.0. The Morgan fingerprint density at radius 3 is 2.52 bits per heavy atom. The molecule has 0 N–H and O–H groups in total. The molecule has 1 aliphatic rings. The van der Waals surface area contributed by atoms with Crippen LogP contribution in [0, 0.1) is 0 Å². The summed E-state index contributed by atoms with van der Waals surface area (Å²) in [6.45, 7) is 2.05. The van der Waals surface area contributed by atoms with E-state index in [4.69, 9.17) is 4.74 Å². The summed E-state index contributed by atoms with van der Waals surface area (Å²) in [4.78, 5) is 11.3. The molecule has 1 aliphatic carbocycles. The van der Waals surface area contributed by atoms with Gasteiger partial charge in [-0.2, -0.15) is 0 Å². The van der Waals surface area contributed by atoms with Crippen molar-refractivity contribution in [2.45, 2.75) is 19.8 Å². The molecule has 110 valence electrons. The molecule has 3 heteroatoms. The van der Waals surface area contributed by atoms with Crippen LogP contribution >= 0.6 is 0 Å². The number of esters is 1. The van der Waals surface area contributed by atoms with Gasteiger partial charge < -0.3 is 9.47 Å². The van der Waals surface area contributed by atoms with E-state index in [9.17, 15) is 4.79 Å². The Morgan fingerprint density at radius 2 is 1.90 bits per heavy atom. The number of carbonyl (C=O) groups is 1. The van der Waals surface area contributed by atoms with Gasteiger partial charge in [-0.05, 0) is 35.3 Å². The van der Waals surface area contributed by atoms with Crippen molar-refractivity contribution in [2.75, 3.05) is 14.2 Å². The van der Waals surface area contributed by atoms with Gasteiger partial charge in [0, 0.05) is 6.42 Å². The van der Waals surface area contributed by atoms with Gasteiger partial charge in [0.1, 0.15) is 5.76 Å². The molecule has 0 unspecified atom stereocenters. The molecule has 3 nitrogen and oxygen atoms in total. The minimum atomic E-state index is -0.222. The lowest BCUT2D eigenvalue weighted by molar-refractivity contribution is -0.139. The molecule has 0 saturated heterocycles. The summed E-state index contributed by atoms with van der Waals surface area (Å²) in [6, 6.07) is 7.98. The number of hydrogen-bond acceptors (Lipinski definition) is 3. The molecule has 0 bridgehead atoms. The Hall–Kier alpha value is -2.29. The van der Waals surface area contributed by atoms with Gasteiger partial charge in [0.25, 0.3) is 0 Å². The van der Waals surface area contributed by atoms with Gasteiger partial charge in [0.2, 0.25) is 0 Å². The highest BCUT2D eigenvalue weighted by molar-refractivity contribution is 5.77. The van der Waals surface area contributed by atoms with Crippen LogP contribution in [0.15, 0.2) is 53.8 Å². The molecule has 0 heterocycles. The Balaban J connectivity index is 2.22. The Kier molecular flexibility index (Phi) is 4.99. The zero-order valence-corrected chi connectivity index (χ0v) is 12.7. The van der Waals surface area contributed by atoms with Gasteiger partial charge >= 0.3 is 5.97 Å². The minimum Gasteiger partial charge on any atom is -0.501 e. The summed E-state index contributed by atoms with van der Waals surface area (Å²) >= 11 is 0. The van der Waals surface area contributed by atoms with Gasteiger partial charge in [-0.25, -0.2) is 0 Å². The Bertz CT molecular complexity index is 604. The first-order chi connectivity index (χ1) is 10.1. The average molecular weight is 284 g/mol. The number of carbonyl (C=O) groups excluding carboxylic acids is 1. The van der Waals surface area contributed by atoms with E-state index in [1.54, 1.807) is 7.11 Å². The van der Waals surface area contributed by atoms with Crippen LogP contribution in [0.25, 0.3) is 5.57 Å². The third kappa shape index (κ3) is 3.85. The van der Waals surface area contributed by atoms with E-state index in [1.807, 2.05) is 24.3 Å². The molecule has 1 aromatic carbocycles. The monoisotopic (exact) mass is 284 g/mol. The van der Waals surface area contributed by atoms with Crippen LogP contribution in [0.2, 0.25) is 0 Å². The molecule has 1 aromatic rings. The highest BCUT2D eigenvalue weighted by Crippen LogP contribution is 2.25. The predicted molar refractivity (Wildman–Crippen MR) is 83.6 cm³/mol. The molecule has 2 rings (SSSR count). The largest absolute Gasteiger partial charge is 0.501 e. The number of benzene rings is 1. The van der Waals surface area contributed by atoms with Crippen LogP contribution in [0.5, 0.6) is 0 Å². The summed E-state index contributed by atoms with van der Waals surface area (Å²) in [5.74, 6) is 0.767. The lowest BCUT2D eigenvalue weighted by Gasteiger charge is -2.06. The fourth-order valence-corrected chi connectivity index (χ4v) is 2.29. The quantitative estimate of drug-likeness (QED) is 0.791. The standard InChI is InChI=1S/C18H20O3/c1-13-11-16(5-4-6-17(13)20-2)15-9-7-14(8-10-15)12-18(19)21-3/h4-5,7-11H,6,12H2,1-3H3. The second-order valence-electron chi connectivity index (χ2n) is 4.97. The van der Waals surface area contributed by atoms with Crippen molar-refractivity contribution in [2.24, 2.45) is 0 Å². The molecular weight excluding hydrogens is 264 g/mol. The van der Waals surface area contributed by atoms with Gasteiger partial charge in [-0.1, -0.05) is 36.4 Å². The van der Waals surface area contributed by atoms with Crippen molar-refractivity contribution in [3.63, 3.8) is 0 Å². The maximum atomic E-state index is 11.3. The second-order valence-corrected chi connectivity index (χ2v) is 4.97. The van der Waals surface area contributed by atoms with Gasteiger partial charge in [0.15, 0.2) is 0 Å². The number of hydrogen-bond donors (Lipinski definition) is 0. The molecule has 0 aliphatic heterocycles. The highest BCUT2D eigenvalue weighted by atomic mass is 16.5. The topological polar surface area (TPSA) is 35.5 Å². The number of allylic oxidation sites excluding steroid dienone is 5. The van der Waals surface area contributed by atoms with Crippen molar-refractivity contribution >= 4 is 11.5 Å². The van der Waals surface area contributed by atoms with E-state index < -0.39 is 0 Å². The zero-order chi connectivity index (χ0) is 15.2. The predicted octanol–water partition coefficient (Wildman–Crippen LogP) is 3.67. The van der Waals surface area contributed by atoms with Crippen LogP contribution in [0.4, 0.5) is 0 Å². The van der Waals surface area contributed by atoms with Crippen molar-refractivity contribution in [1.29, 1.82) is 0 Å². The Labute approximate surface area is 125 Å². The van der Waals surface area contributed by atoms with E-state index in [1.165, 1.54) is 7.11 Å². The summed E-state index contributed by atoms with van der Waals surface area (Å²) < 4.78 is 10.0. The third-order valence-corrected chi connectivity index (χ3v) is 3.52. The molecular formula is C18H20O3. The van der Waals surface area contributed by atoms with Crippen LogP contribution < -0.4 is 0 Å². The van der Waals surface area contributed by atoms with Crippen molar-refractivity contribution in [1.82, 2.24) is 0 Å². The van der Waals surface area contributed by atoms with Gasteiger partial charge in [-0.3, -0.25) is 4.79 Å². The molecule has 0 saturated carbocycles. The van der Waals surface area contributed by atoms with Gasteiger partial charge in [-0.15, -0.1) is 0 Å². The molecule has 0 radical (unpaired) electrons. The normalized spacial score (nSPS) is 14.5. The van der Waals surface area contributed by atoms with E-state index in [0.717, 1.165) is 34.5 Å². The average Bonchev–Trinajstić information content (AvgIpc) is 2.69. The van der Waals surface area contributed by atoms with Gasteiger partial charge in [0.05, 0.1) is 20.6 Å². The van der Waals surface area contributed by atoms with E-state index in [-0.39, 0.29) is 5.97 Å². The molecule has 0 atom stereocenters. The van der Waals surface area contributed by atoms with E-state index >= 15 is 0 Å². The molecule has 0 spiro atoms. The second kappa shape index (κ2) is 6.93. The van der Waals surface area contributed by atoms with Crippen molar-refractivity contribution < 1.29 is 14.3 Å². The van der Waals surface area contributed by atoms with E-state index in [0.29, 0.717) is 6.42 Å². The summed E-state index contributed by atoms with van der Waals surface area (Å²) in [5, 5.41) is 0. The number of ether oxygens (including phenoxy) is 2. The first kappa shape index (κ1) is 15.1. The van der Waals surface area contributed by atoms with E-state index in [2.05, 4.69) is 29.9 Å². The number of rotatable bonds is 4.